The van der Waals surface area contributed by atoms with Crippen molar-refractivity contribution in [3.8, 4) is 0 Å². The van der Waals surface area contributed by atoms with Crippen LogP contribution in [0.15, 0.2) is 0 Å². The molecular formula is C9H21NOSSi. The minimum absolute atomic E-state index is 0.162. The van der Waals surface area contributed by atoms with Gasteiger partial charge in [-0.15, -0.1) is 0 Å². The van der Waals surface area contributed by atoms with Crippen molar-refractivity contribution < 1.29 is 4.79 Å². The van der Waals surface area contributed by atoms with Crippen LogP contribution in [0.1, 0.15) is 20.8 Å². The third-order valence-corrected chi connectivity index (χ3v) is 11.9. The van der Waals surface area contributed by atoms with Gasteiger partial charge in [-0.05, 0) is 5.04 Å². The number of carbonyl (C=O) groups excluding carboxylic acids is 1. The molecule has 0 heterocycles. The second-order valence-corrected chi connectivity index (χ2v) is 13.8. The van der Waals surface area contributed by atoms with E-state index in [2.05, 4.69) is 33.9 Å². The number of hydrogen-bond acceptors (Lipinski definition) is 3. The Morgan fingerprint density at radius 2 is 1.85 bits per heavy atom. The lowest BCUT2D eigenvalue weighted by Crippen LogP contribution is -2.35. The van der Waals surface area contributed by atoms with Gasteiger partial charge in [0.2, 0.25) is 0 Å². The first kappa shape index (κ1) is 13.2. The maximum Gasteiger partial charge on any atom is 0.155 e. The van der Waals surface area contributed by atoms with E-state index in [0.717, 1.165) is 0 Å². The summed E-state index contributed by atoms with van der Waals surface area (Å²) in [6, 6.07) is 0. The highest BCUT2D eigenvalue weighted by atomic mass is 32.4. The van der Waals surface area contributed by atoms with Crippen LogP contribution in [0, 0.1) is 0 Å². The molecule has 0 radical (unpaired) electrons. The van der Waals surface area contributed by atoms with Crippen LogP contribution < -0.4 is 5.73 Å². The molecule has 0 aromatic heterocycles. The van der Waals surface area contributed by atoms with Crippen molar-refractivity contribution in [1.29, 1.82) is 0 Å². The van der Waals surface area contributed by atoms with Gasteiger partial charge in [0, 0.05) is 5.75 Å². The highest BCUT2D eigenvalue weighted by Crippen LogP contribution is 2.43. The molecular weight excluding hydrogens is 198 g/mol. The summed E-state index contributed by atoms with van der Waals surface area (Å²) in [5, 5.41) is 0.340. The summed E-state index contributed by atoms with van der Waals surface area (Å²) < 4.78 is 0. The summed E-state index contributed by atoms with van der Waals surface area (Å²) in [5.41, 5.74) is 5.26. The zero-order chi connectivity index (χ0) is 10.7. The molecule has 0 fully saturated rings. The molecule has 0 unspecified atom stereocenters. The highest BCUT2D eigenvalue weighted by molar-refractivity contribution is 8.29. The van der Waals surface area contributed by atoms with Crippen LogP contribution in [0.25, 0.3) is 0 Å². The zero-order valence-corrected chi connectivity index (χ0v) is 11.1. The predicted molar refractivity (Wildman–Crippen MR) is 63.7 cm³/mol. The molecule has 2 N–H and O–H groups in total. The van der Waals surface area contributed by atoms with Crippen LogP contribution in [0.2, 0.25) is 18.1 Å². The van der Waals surface area contributed by atoms with Gasteiger partial charge in [-0.25, -0.2) is 0 Å². The van der Waals surface area contributed by atoms with Gasteiger partial charge in [-0.2, -0.15) is 11.2 Å². The van der Waals surface area contributed by atoms with Crippen LogP contribution >= 0.6 is 11.2 Å². The topological polar surface area (TPSA) is 43.1 Å². The van der Waals surface area contributed by atoms with E-state index >= 15 is 0 Å². The Labute approximate surface area is 86.3 Å². The molecule has 0 saturated heterocycles. The molecule has 0 aromatic carbocycles. The standard InChI is InChI=1S/C9H21NOSSi/c1-9(2,3)13(4,5)12-7-8(11)6-10/h6-7,10H2,1-5H3. The number of nitrogens with two attached hydrogens (primary N) is 1. The summed E-state index contributed by atoms with van der Waals surface area (Å²) in [6.07, 6.45) is 0. The minimum atomic E-state index is -1.34. The summed E-state index contributed by atoms with van der Waals surface area (Å²) >= 11 is 1.83. The highest BCUT2D eigenvalue weighted by Gasteiger charge is 2.35. The van der Waals surface area contributed by atoms with Crippen molar-refractivity contribution in [3.63, 3.8) is 0 Å². The second kappa shape index (κ2) is 4.62. The van der Waals surface area contributed by atoms with Gasteiger partial charge in [0.05, 0.1) is 6.54 Å². The molecule has 0 bridgehead atoms. The Hall–Kier alpha value is 0.197. The number of carbonyl (C=O) groups is 1. The average Bonchev–Trinajstić information content (AvgIpc) is 1.98. The predicted octanol–water partition coefficient (Wildman–Crippen LogP) is 2.25. The van der Waals surface area contributed by atoms with Gasteiger partial charge >= 0.3 is 0 Å². The molecule has 2 nitrogen and oxygen atoms in total. The Bertz CT molecular complexity index is 187. The van der Waals surface area contributed by atoms with E-state index in [-0.39, 0.29) is 12.3 Å². The van der Waals surface area contributed by atoms with Crippen LogP contribution in [0.5, 0.6) is 0 Å². The van der Waals surface area contributed by atoms with Crippen LogP contribution in [-0.4, -0.2) is 25.3 Å². The molecule has 4 heteroatoms. The van der Waals surface area contributed by atoms with E-state index in [1.807, 2.05) is 11.2 Å². The van der Waals surface area contributed by atoms with Crippen molar-refractivity contribution in [2.75, 3.05) is 12.3 Å². The first-order valence-corrected chi connectivity index (χ1v) is 9.27. The van der Waals surface area contributed by atoms with Crippen molar-refractivity contribution in [2.24, 2.45) is 5.73 Å². The number of hydrogen-bond donors (Lipinski definition) is 1. The second-order valence-electron chi connectivity index (χ2n) is 4.79. The van der Waals surface area contributed by atoms with Crippen LogP contribution in [0.4, 0.5) is 0 Å². The zero-order valence-electron chi connectivity index (χ0n) is 9.31. The fourth-order valence-corrected chi connectivity index (χ4v) is 4.47. The minimum Gasteiger partial charge on any atom is -0.324 e. The van der Waals surface area contributed by atoms with Gasteiger partial charge in [0.25, 0.3) is 0 Å². The fraction of sp³-hybridized carbons (Fsp3) is 0.889. The Balaban J connectivity index is 4.12. The first-order valence-electron chi connectivity index (χ1n) is 4.56. The summed E-state index contributed by atoms with van der Waals surface area (Å²) in [4.78, 5) is 11.1. The van der Waals surface area contributed by atoms with E-state index in [9.17, 15) is 4.79 Å². The summed E-state index contributed by atoms with van der Waals surface area (Å²) in [7, 11) is -1.34. The van der Waals surface area contributed by atoms with E-state index in [4.69, 9.17) is 5.73 Å². The molecule has 0 atom stereocenters. The molecule has 78 valence electrons. The Morgan fingerprint density at radius 3 is 2.15 bits per heavy atom. The molecule has 0 spiro atoms. The smallest absolute Gasteiger partial charge is 0.155 e. The third kappa shape index (κ3) is 4.29. The van der Waals surface area contributed by atoms with Gasteiger partial charge in [-0.3, -0.25) is 4.79 Å². The number of ketones is 1. The SMILES string of the molecule is CC(C)(C)[Si](C)(C)SCC(=O)CN. The lowest BCUT2D eigenvalue weighted by molar-refractivity contribution is -0.115. The monoisotopic (exact) mass is 219 g/mol. The normalized spacial score (nSPS) is 13.1. The molecule has 0 rings (SSSR count). The van der Waals surface area contributed by atoms with Crippen molar-refractivity contribution in [3.05, 3.63) is 0 Å². The molecule has 0 aliphatic heterocycles. The van der Waals surface area contributed by atoms with E-state index in [0.29, 0.717) is 10.8 Å². The molecule has 0 saturated carbocycles. The lowest BCUT2D eigenvalue weighted by atomic mass is 10.2. The van der Waals surface area contributed by atoms with Crippen LogP contribution in [0.3, 0.4) is 0 Å². The van der Waals surface area contributed by atoms with Crippen molar-refractivity contribution in [1.82, 2.24) is 0 Å². The fourth-order valence-electron chi connectivity index (χ4n) is 0.536. The first-order chi connectivity index (χ1) is 5.70. The third-order valence-electron chi connectivity index (χ3n) is 2.63. The maximum absolute atomic E-state index is 11.1. The molecule has 13 heavy (non-hydrogen) atoms. The van der Waals surface area contributed by atoms with E-state index in [1.54, 1.807) is 0 Å². The quantitative estimate of drug-likeness (QED) is 0.738. The van der Waals surface area contributed by atoms with Crippen molar-refractivity contribution >= 4 is 24.2 Å². The van der Waals surface area contributed by atoms with Gasteiger partial charge in [0.1, 0.15) is 7.22 Å². The average molecular weight is 219 g/mol. The molecule has 0 aromatic rings. The summed E-state index contributed by atoms with van der Waals surface area (Å²) in [6.45, 7) is 11.5. The molecule has 0 aliphatic carbocycles. The van der Waals surface area contributed by atoms with Gasteiger partial charge in [0.15, 0.2) is 5.78 Å². The molecule has 0 aliphatic rings. The molecule has 0 amide bonds. The maximum atomic E-state index is 11.1. The van der Waals surface area contributed by atoms with E-state index in [1.165, 1.54) is 0 Å². The largest absolute Gasteiger partial charge is 0.324 e. The Morgan fingerprint density at radius 1 is 1.38 bits per heavy atom. The van der Waals surface area contributed by atoms with Crippen molar-refractivity contribution in [2.45, 2.75) is 38.9 Å². The van der Waals surface area contributed by atoms with Gasteiger partial charge < -0.3 is 5.73 Å². The number of Topliss-reactive ketones (excluding diaryl/α,β-unsaturated/α-hetero) is 1. The van der Waals surface area contributed by atoms with Gasteiger partial charge in [-0.1, -0.05) is 33.9 Å². The lowest BCUT2D eigenvalue weighted by Gasteiger charge is -2.35. The summed E-state index contributed by atoms with van der Waals surface area (Å²) in [5.74, 6) is 0.752. The van der Waals surface area contributed by atoms with E-state index < -0.39 is 7.22 Å². The Kier molecular flexibility index (Phi) is 4.69. The number of rotatable bonds is 4. The van der Waals surface area contributed by atoms with Crippen LogP contribution in [-0.2, 0) is 4.79 Å².